The number of rotatable bonds is 16. The molecular formula is C49H49Cl2F8N9O6S2. The molecule has 5 heterocycles. The van der Waals surface area contributed by atoms with E-state index in [-0.39, 0.29) is 62.0 Å². The highest BCUT2D eigenvalue weighted by atomic mass is 35.5. The van der Waals surface area contributed by atoms with Crippen molar-refractivity contribution in [1.82, 2.24) is 35.5 Å². The van der Waals surface area contributed by atoms with Crippen molar-refractivity contribution >= 4 is 54.6 Å². The molecule has 4 aliphatic rings. The minimum absolute atomic E-state index is 0.00403. The van der Waals surface area contributed by atoms with Gasteiger partial charge in [-0.25, -0.2) is 34.4 Å². The highest BCUT2D eigenvalue weighted by Gasteiger charge is 2.40. The van der Waals surface area contributed by atoms with Crippen LogP contribution in [0.1, 0.15) is 80.7 Å². The van der Waals surface area contributed by atoms with Crippen LogP contribution in [0, 0.1) is 23.3 Å². The van der Waals surface area contributed by atoms with Crippen LogP contribution in [-0.2, 0) is 33.1 Å². The fraction of sp³-hybridized carbons (Fsp3) is 0.429. The lowest BCUT2D eigenvalue weighted by Gasteiger charge is -2.42. The fourth-order valence-electron chi connectivity index (χ4n) is 9.46. The smallest absolute Gasteiger partial charge is 0.314 e. The van der Waals surface area contributed by atoms with Crippen LogP contribution < -0.4 is 13.9 Å². The molecule has 1 saturated carbocycles. The topological polar surface area (TPSA) is 171 Å². The zero-order valence-corrected chi connectivity index (χ0v) is 43.3. The lowest BCUT2D eigenvalue weighted by atomic mass is 9.90. The van der Waals surface area contributed by atoms with Crippen molar-refractivity contribution in [2.75, 3.05) is 47.9 Å². The minimum atomic E-state index is -4.01. The number of nitrogens with one attached hydrogen (secondary N) is 1. The minimum Gasteiger partial charge on any atom is -0.415 e. The first-order valence-corrected chi connectivity index (χ1v) is 28.0. The fourth-order valence-corrected chi connectivity index (χ4v) is 13.6. The number of likely N-dealkylation sites (tertiary alicyclic amines) is 2. The van der Waals surface area contributed by atoms with Crippen LogP contribution in [0.3, 0.4) is 0 Å². The number of benzene rings is 4. The Morgan fingerprint density at radius 3 is 1.28 bits per heavy atom. The van der Waals surface area contributed by atoms with Gasteiger partial charge in [-0.1, -0.05) is 41.8 Å². The van der Waals surface area contributed by atoms with Gasteiger partial charge in [0.25, 0.3) is 11.8 Å². The maximum Gasteiger partial charge on any atom is 0.314 e. The van der Waals surface area contributed by atoms with Crippen molar-refractivity contribution in [2.24, 2.45) is 0 Å². The van der Waals surface area contributed by atoms with Gasteiger partial charge in [-0.3, -0.25) is 13.5 Å². The Kier molecular flexibility index (Phi) is 16.9. The van der Waals surface area contributed by atoms with Crippen molar-refractivity contribution in [1.29, 1.82) is 0 Å². The zero-order chi connectivity index (χ0) is 54.1. The molecule has 15 nitrogen and oxygen atoms in total. The van der Waals surface area contributed by atoms with Gasteiger partial charge in [0.05, 0.1) is 45.0 Å². The van der Waals surface area contributed by atoms with E-state index in [1.165, 1.54) is 55.0 Å². The van der Waals surface area contributed by atoms with E-state index < -0.39 is 85.0 Å². The standard InChI is InChI=1S/C25H25ClF4N4O3S.C24H24ClF4N5O3S/c26-20-13-18(6-7-21(20)27)34(38(35,36)19-8-10-33(11-9-19)17-2-1-3-17)14-16-5-4-15(12-22(16)28)24-31-32-25(37-24)23(29)30;25-19-10-16(3-4-20(19)26)34(38(35,36)18-5-7-33(8-6-18)17-11-30-12-17)13-15-2-1-14(9-21(15)27)23-31-32-24(37-23)22(28)29/h4-7,12-13,17,19,23H,1-3,8-11,14H2;1-4,9-10,17-18,22,30H,5-8,11-13H2. The Morgan fingerprint density at radius 2 is 0.961 bits per heavy atom. The van der Waals surface area contributed by atoms with Crippen molar-refractivity contribution in [3.05, 3.63) is 129 Å². The van der Waals surface area contributed by atoms with Gasteiger partial charge in [-0.2, -0.15) is 17.6 Å². The zero-order valence-electron chi connectivity index (χ0n) is 40.1. The maximum atomic E-state index is 15.2. The summed E-state index contributed by atoms with van der Waals surface area (Å²) in [6, 6.07) is 15.4. The third-order valence-electron chi connectivity index (χ3n) is 14.1. The highest BCUT2D eigenvalue weighted by Crippen LogP contribution is 2.36. The molecule has 27 heteroatoms. The number of anilines is 2. The second kappa shape index (κ2) is 23.3. The predicted octanol–water partition coefficient (Wildman–Crippen LogP) is 10.3. The summed E-state index contributed by atoms with van der Waals surface area (Å²) < 4.78 is 176. The molecule has 0 unspecified atom stereocenters. The first kappa shape index (κ1) is 55.3. The summed E-state index contributed by atoms with van der Waals surface area (Å²) in [6.45, 7) is 3.51. The third kappa shape index (κ3) is 12.1. The quantitative estimate of drug-likeness (QED) is 0.0909. The molecule has 6 aromatic rings. The molecule has 408 valence electrons. The average Bonchev–Trinajstić information content (AvgIpc) is 4.08. The van der Waals surface area contributed by atoms with Crippen LogP contribution in [0.4, 0.5) is 46.5 Å². The molecule has 0 amide bonds. The molecule has 3 aliphatic heterocycles. The molecule has 1 N–H and O–H groups in total. The first-order chi connectivity index (χ1) is 36.3. The normalized spacial score (nSPS) is 17.6. The predicted molar refractivity (Wildman–Crippen MR) is 266 cm³/mol. The Labute approximate surface area is 442 Å². The molecule has 0 bridgehead atoms. The van der Waals surface area contributed by atoms with Gasteiger partial charge < -0.3 is 19.1 Å². The summed E-state index contributed by atoms with van der Waals surface area (Å²) in [6.07, 6.45) is -0.859. The van der Waals surface area contributed by atoms with Crippen molar-refractivity contribution in [2.45, 2.75) is 93.5 Å². The second-order valence-electron chi connectivity index (χ2n) is 18.8. The van der Waals surface area contributed by atoms with Gasteiger partial charge in [-0.15, -0.1) is 20.4 Å². The molecule has 2 aromatic heterocycles. The Hall–Kier alpha value is -5.44. The number of hydrogen-bond acceptors (Lipinski definition) is 13. The van der Waals surface area contributed by atoms with Crippen LogP contribution in [0.2, 0.25) is 10.0 Å². The molecular weight excluding hydrogens is 1100 g/mol. The molecule has 4 aromatic carbocycles. The summed E-state index contributed by atoms with van der Waals surface area (Å²) in [5.74, 6) is -5.40. The number of aromatic nitrogens is 4. The molecule has 1 aliphatic carbocycles. The molecule has 10 rings (SSSR count). The molecule has 0 spiro atoms. The lowest BCUT2D eigenvalue weighted by molar-refractivity contribution is 0.106. The average molecular weight is 1150 g/mol. The Bertz CT molecular complexity index is 3030. The maximum absolute atomic E-state index is 15.2. The Balaban J connectivity index is 0.000000186. The van der Waals surface area contributed by atoms with Crippen molar-refractivity contribution in [3.8, 4) is 22.9 Å². The highest BCUT2D eigenvalue weighted by molar-refractivity contribution is 7.93. The van der Waals surface area contributed by atoms with Crippen LogP contribution in [-0.4, -0.2) is 109 Å². The van der Waals surface area contributed by atoms with Crippen molar-refractivity contribution < 1.29 is 60.8 Å². The number of hydrogen-bond donors (Lipinski definition) is 1. The number of nitrogens with zero attached hydrogens (tertiary/aromatic N) is 8. The molecule has 0 radical (unpaired) electrons. The molecule has 0 atom stereocenters. The molecule has 3 saturated heterocycles. The van der Waals surface area contributed by atoms with E-state index >= 15 is 8.78 Å². The molecule has 4 fully saturated rings. The third-order valence-corrected chi connectivity index (χ3v) is 19.3. The van der Waals surface area contributed by atoms with Crippen LogP contribution in [0.15, 0.2) is 81.6 Å². The van der Waals surface area contributed by atoms with Gasteiger partial charge in [0.1, 0.15) is 23.3 Å². The largest absolute Gasteiger partial charge is 0.415 e. The van der Waals surface area contributed by atoms with Crippen LogP contribution >= 0.6 is 23.2 Å². The summed E-state index contributed by atoms with van der Waals surface area (Å²) in [4.78, 5) is 4.58. The van der Waals surface area contributed by atoms with Crippen molar-refractivity contribution in [3.63, 3.8) is 0 Å². The van der Waals surface area contributed by atoms with Crippen LogP contribution in [0.5, 0.6) is 0 Å². The van der Waals surface area contributed by atoms with Gasteiger partial charge in [-0.05, 0) is 125 Å². The summed E-state index contributed by atoms with van der Waals surface area (Å²) in [5.41, 5.74) is 0.349. The lowest BCUT2D eigenvalue weighted by Crippen LogP contribution is -2.59. The van der Waals surface area contributed by atoms with E-state index in [1.807, 2.05) is 0 Å². The summed E-state index contributed by atoms with van der Waals surface area (Å²) >= 11 is 11.9. The van der Waals surface area contributed by atoms with E-state index in [0.29, 0.717) is 63.9 Å². The number of halogens is 10. The Morgan fingerprint density at radius 1 is 0.553 bits per heavy atom. The van der Waals surface area contributed by atoms with Gasteiger partial charge in [0.2, 0.25) is 31.8 Å². The molecule has 76 heavy (non-hydrogen) atoms. The van der Waals surface area contributed by atoms with Crippen LogP contribution in [0.25, 0.3) is 22.9 Å². The van der Waals surface area contributed by atoms with Gasteiger partial charge >= 0.3 is 12.9 Å². The SMILES string of the molecule is O=S(=O)(C1CCN(C2CCC2)CC1)N(Cc1ccc(-c2nnc(C(F)F)o2)cc1F)c1ccc(F)c(Cl)c1.O=S(=O)(C1CCN(C2CNC2)CC1)N(Cc1ccc(-c2nnc(C(F)F)o2)cc1F)c1ccc(F)c(Cl)c1. The van der Waals surface area contributed by atoms with Gasteiger partial charge in [0.15, 0.2) is 0 Å². The summed E-state index contributed by atoms with van der Waals surface area (Å²) in [7, 11) is -8.00. The number of alkyl halides is 4. The van der Waals surface area contributed by atoms with E-state index in [0.717, 1.165) is 58.8 Å². The van der Waals surface area contributed by atoms with Gasteiger partial charge in [0, 0.05) is 47.4 Å². The summed E-state index contributed by atoms with van der Waals surface area (Å²) in [5, 5.41) is 14.7. The second-order valence-corrected chi connectivity index (χ2v) is 23.9. The van der Waals surface area contributed by atoms with E-state index in [9.17, 15) is 43.2 Å². The van der Waals surface area contributed by atoms with E-state index in [4.69, 9.17) is 32.0 Å². The van der Waals surface area contributed by atoms with E-state index in [2.05, 4.69) is 35.5 Å². The number of piperidine rings is 2. The van der Waals surface area contributed by atoms with E-state index in [1.54, 1.807) is 0 Å². The monoisotopic (exact) mass is 1150 g/mol. The number of sulfonamides is 2. The first-order valence-electron chi connectivity index (χ1n) is 24.2.